The molecule has 5 rings (SSSR count). The van der Waals surface area contributed by atoms with Gasteiger partial charge in [-0.1, -0.05) is 0 Å². The van der Waals surface area contributed by atoms with E-state index in [0.29, 0.717) is 29.5 Å². The highest BCUT2D eigenvalue weighted by Gasteiger charge is 2.15. The number of aryl methyl sites for hydroxylation is 1. The summed E-state index contributed by atoms with van der Waals surface area (Å²) in [4.78, 5) is 13.5. The van der Waals surface area contributed by atoms with E-state index in [4.69, 9.17) is 15.5 Å². The van der Waals surface area contributed by atoms with E-state index in [1.54, 1.807) is 28.0 Å². The smallest absolute Gasteiger partial charge is 0.166 e. The number of rotatable bonds is 6. The van der Waals surface area contributed by atoms with Gasteiger partial charge in [0.15, 0.2) is 17.2 Å². The quantitative estimate of drug-likeness (QED) is 0.430. The second kappa shape index (κ2) is 7.65. The van der Waals surface area contributed by atoms with Gasteiger partial charge in [0.2, 0.25) is 0 Å². The van der Waals surface area contributed by atoms with Crippen molar-refractivity contribution in [1.29, 1.82) is 0 Å². The number of nitrogens with zero attached hydrogens (tertiary/aromatic N) is 7. The van der Waals surface area contributed by atoms with Crippen LogP contribution in [0.1, 0.15) is 11.4 Å². The van der Waals surface area contributed by atoms with Gasteiger partial charge in [-0.25, -0.2) is 19.3 Å². The van der Waals surface area contributed by atoms with Crippen LogP contribution in [-0.4, -0.2) is 46.2 Å². The van der Waals surface area contributed by atoms with Gasteiger partial charge in [-0.3, -0.25) is 4.98 Å². The summed E-state index contributed by atoms with van der Waals surface area (Å²) in [6, 6.07) is 7.49. The van der Waals surface area contributed by atoms with Gasteiger partial charge in [-0.05, 0) is 31.2 Å². The molecule has 0 saturated carbocycles. The number of hydrogen-bond donors (Lipinski definition) is 2. The topological polar surface area (TPSA) is 130 Å². The van der Waals surface area contributed by atoms with Crippen molar-refractivity contribution >= 4 is 27.8 Å². The Balaban J connectivity index is 1.54. The van der Waals surface area contributed by atoms with Gasteiger partial charge < -0.3 is 15.6 Å². The molecule has 0 unspecified atom stereocenters. The molecule has 31 heavy (non-hydrogen) atoms. The van der Waals surface area contributed by atoms with E-state index in [9.17, 15) is 5.11 Å². The van der Waals surface area contributed by atoms with Crippen LogP contribution >= 0.6 is 0 Å². The first-order chi connectivity index (χ1) is 15.1. The summed E-state index contributed by atoms with van der Waals surface area (Å²) in [6.45, 7) is 2.37. The largest absolute Gasteiger partial charge is 0.483 e. The molecule has 5 aromatic rings. The van der Waals surface area contributed by atoms with E-state index >= 15 is 0 Å². The number of aliphatic hydroxyl groups excluding tert-OH is 1. The lowest BCUT2D eigenvalue weighted by atomic mass is 10.2. The maximum absolute atomic E-state index is 9.30. The van der Waals surface area contributed by atoms with Crippen molar-refractivity contribution in [1.82, 2.24) is 34.5 Å². The summed E-state index contributed by atoms with van der Waals surface area (Å²) in [6.07, 6.45) is 7.00. The molecule has 0 aliphatic rings. The molecule has 0 spiro atoms. The Morgan fingerprint density at radius 2 is 2.00 bits per heavy atom. The lowest BCUT2D eigenvalue weighted by molar-refractivity contribution is 0.271. The highest BCUT2D eigenvalue weighted by molar-refractivity contribution is 5.82. The summed E-state index contributed by atoms with van der Waals surface area (Å²) in [5, 5.41) is 19.6. The van der Waals surface area contributed by atoms with Gasteiger partial charge in [0.05, 0.1) is 30.6 Å². The van der Waals surface area contributed by atoms with Crippen molar-refractivity contribution in [3.63, 3.8) is 0 Å². The molecule has 0 aliphatic carbocycles. The van der Waals surface area contributed by atoms with Crippen LogP contribution in [0.4, 0.5) is 5.82 Å². The SMILES string of the molecule is Cc1cc2nc(N)c(OCc3nc4c(cnn4CCO)cc3-n3cccn3)cc2cn1. The Kier molecular flexibility index (Phi) is 4.68. The number of aromatic nitrogens is 7. The monoisotopic (exact) mass is 416 g/mol. The number of ether oxygens (including phenoxy) is 1. The van der Waals surface area contributed by atoms with E-state index in [-0.39, 0.29) is 13.2 Å². The van der Waals surface area contributed by atoms with Crippen LogP contribution in [0.5, 0.6) is 5.75 Å². The molecule has 5 heterocycles. The summed E-state index contributed by atoms with van der Waals surface area (Å²) >= 11 is 0. The van der Waals surface area contributed by atoms with E-state index < -0.39 is 0 Å². The maximum Gasteiger partial charge on any atom is 0.166 e. The van der Waals surface area contributed by atoms with Gasteiger partial charge in [-0.2, -0.15) is 10.2 Å². The lowest BCUT2D eigenvalue weighted by Crippen LogP contribution is -2.10. The number of pyridine rings is 3. The summed E-state index contributed by atoms with van der Waals surface area (Å²) < 4.78 is 9.41. The molecule has 5 aromatic heterocycles. The standard InChI is InChI=1S/C21H20N8O2/c1-13-7-16-14(10-23-13)9-19(20(22)26-16)31-12-17-18(28-4-2-3-24-28)8-15-11-25-29(5-6-30)21(15)27-17/h2-4,7-11,30H,5-6,12H2,1H3,(H2,22,26). The van der Waals surface area contributed by atoms with Crippen molar-refractivity contribution in [3.8, 4) is 11.4 Å². The minimum atomic E-state index is -0.0298. The molecule has 0 amide bonds. The normalized spacial score (nSPS) is 11.4. The third-order valence-corrected chi connectivity index (χ3v) is 4.92. The molecule has 0 fully saturated rings. The van der Waals surface area contributed by atoms with Crippen LogP contribution in [0.3, 0.4) is 0 Å². The average Bonchev–Trinajstić information content (AvgIpc) is 3.42. The molecule has 156 valence electrons. The van der Waals surface area contributed by atoms with E-state index in [1.807, 2.05) is 37.4 Å². The second-order valence-corrected chi connectivity index (χ2v) is 7.09. The first-order valence-electron chi connectivity index (χ1n) is 9.74. The zero-order chi connectivity index (χ0) is 21.4. The number of fused-ring (bicyclic) bond motifs is 2. The van der Waals surface area contributed by atoms with E-state index in [2.05, 4.69) is 20.2 Å². The van der Waals surface area contributed by atoms with Crippen LogP contribution < -0.4 is 10.5 Å². The fourth-order valence-electron chi connectivity index (χ4n) is 3.43. The number of nitrogen functional groups attached to an aromatic ring is 1. The Morgan fingerprint density at radius 1 is 1.10 bits per heavy atom. The molecule has 0 aromatic carbocycles. The van der Waals surface area contributed by atoms with Crippen LogP contribution in [0.15, 0.2) is 49.1 Å². The summed E-state index contributed by atoms with van der Waals surface area (Å²) in [7, 11) is 0. The van der Waals surface area contributed by atoms with Gasteiger partial charge in [-0.15, -0.1) is 0 Å². The zero-order valence-electron chi connectivity index (χ0n) is 16.8. The van der Waals surface area contributed by atoms with Gasteiger partial charge in [0, 0.05) is 35.1 Å². The van der Waals surface area contributed by atoms with Crippen LogP contribution in [-0.2, 0) is 13.2 Å². The minimum absolute atomic E-state index is 0.0298. The molecular formula is C21H20N8O2. The predicted octanol–water partition coefficient (Wildman–Crippen LogP) is 2.02. The Bertz CT molecular complexity index is 1380. The second-order valence-electron chi connectivity index (χ2n) is 7.09. The van der Waals surface area contributed by atoms with Crippen molar-refractivity contribution < 1.29 is 9.84 Å². The van der Waals surface area contributed by atoms with Crippen molar-refractivity contribution in [2.24, 2.45) is 0 Å². The number of aliphatic hydroxyl groups is 1. The highest BCUT2D eigenvalue weighted by Crippen LogP contribution is 2.27. The summed E-state index contributed by atoms with van der Waals surface area (Å²) in [5.41, 5.74) is 9.85. The Hall–Kier alpha value is -4.05. The average molecular weight is 416 g/mol. The minimum Gasteiger partial charge on any atom is -0.483 e. The van der Waals surface area contributed by atoms with E-state index in [1.165, 1.54) is 0 Å². The fraction of sp³-hybridized carbons (Fsp3) is 0.190. The zero-order valence-corrected chi connectivity index (χ0v) is 16.8. The van der Waals surface area contributed by atoms with Gasteiger partial charge in [0.25, 0.3) is 0 Å². The molecule has 0 aliphatic heterocycles. The lowest BCUT2D eigenvalue weighted by Gasteiger charge is -2.13. The first-order valence-corrected chi connectivity index (χ1v) is 9.74. The Labute approximate surface area is 176 Å². The molecule has 0 saturated heterocycles. The third-order valence-electron chi connectivity index (χ3n) is 4.92. The number of anilines is 1. The van der Waals surface area contributed by atoms with Gasteiger partial charge >= 0.3 is 0 Å². The molecule has 0 bridgehead atoms. The van der Waals surface area contributed by atoms with Crippen molar-refractivity contribution in [2.75, 3.05) is 12.3 Å². The Morgan fingerprint density at radius 3 is 2.81 bits per heavy atom. The van der Waals surface area contributed by atoms with Crippen LogP contribution in [0.25, 0.3) is 27.6 Å². The number of hydrogen-bond acceptors (Lipinski definition) is 8. The molecule has 10 nitrogen and oxygen atoms in total. The highest BCUT2D eigenvalue weighted by atomic mass is 16.5. The molecule has 10 heteroatoms. The maximum atomic E-state index is 9.30. The molecule has 0 atom stereocenters. The molecule has 3 N–H and O–H groups in total. The van der Waals surface area contributed by atoms with Gasteiger partial charge in [0.1, 0.15) is 12.3 Å². The van der Waals surface area contributed by atoms with Crippen molar-refractivity contribution in [3.05, 3.63) is 60.4 Å². The predicted molar refractivity (Wildman–Crippen MR) is 115 cm³/mol. The van der Waals surface area contributed by atoms with E-state index in [0.717, 1.165) is 27.7 Å². The molecular weight excluding hydrogens is 396 g/mol. The third kappa shape index (κ3) is 3.53. The summed E-state index contributed by atoms with van der Waals surface area (Å²) in [5.74, 6) is 0.750. The molecule has 0 radical (unpaired) electrons. The van der Waals surface area contributed by atoms with Crippen LogP contribution in [0, 0.1) is 6.92 Å². The van der Waals surface area contributed by atoms with Crippen molar-refractivity contribution in [2.45, 2.75) is 20.1 Å². The fourth-order valence-corrected chi connectivity index (χ4v) is 3.43. The first kappa shape index (κ1) is 18.9. The number of nitrogens with two attached hydrogens (primary N) is 1. The van der Waals surface area contributed by atoms with Crippen LogP contribution in [0.2, 0.25) is 0 Å².